The second kappa shape index (κ2) is 7.61. The molecule has 1 aromatic rings. The van der Waals surface area contributed by atoms with Crippen LogP contribution < -0.4 is 4.72 Å². The van der Waals surface area contributed by atoms with Gasteiger partial charge < -0.3 is 9.84 Å². The van der Waals surface area contributed by atoms with E-state index in [2.05, 4.69) is 21.3 Å². The van der Waals surface area contributed by atoms with Crippen LogP contribution in [-0.4, -0.2) is 39.0 Å². The van der Waals surface area contributed by atoms with Crippen molar-refractivity contribution in [3.8, 4) is 11.8 Å². The topological polar surface area (TPSA) is 92.7 Å². The van der Waals surface area contributed by atoms with Crippen molar-refractivity contribution < 1.29 is 27.4 Å². The molecule has 0 saturated heterocycles. The van der Waals surface area contributed by atoms with Crippen molar-refractivity contribution in [2.24, 2.45) is 0 Å². The van der Waals surface area contributed by atoms with E-state index in [0.29, 0.717) is 0 Å². The minimum absolute atomic E-state index is 0.0123. The van der Waals surface area contributed by atoms with Crippen LogP contribution in [0, 0.1) is 17.7 Å². The fraction of sp³-hybridized carbons (Fsp3) is 0.308. The van der Waals surface area contributed by atoms with Gasteiger partial charge in [0.25, 0.3) is 0 Å². The lowest BCUT2D eigenvalue weighted by Gasteiger charge is -2.07. The fourth-order valence-electron chi connectivity index (χ4n) is 1.33. The average Bonchev–Trinajstić information content (AvgIpc) is 2.41. The van der Waals surface area contributed by atoms with Gasteiger partial charge in [-0.25, -0.2) is 12.8 Å². The molecule has 0 unspecified atom stereocenters. The van der Waals surface area contributed by atoms with Crippen LogP contribution in [0.15, 0.2) is 18.2 Å². The molecule has 2 N–H and O–H groups in total. The number of ether oxygens (including phenoxy) is 1. The summed E-state index contributed by atoms with van der Waals surface area (Å²) in [7, 11) is -2.86. The first-order valence-electron chi connectivity index (χ1n) is 5.84. The van der Waals surface area contributed by atoms with Gasteiger partial charge in [-0.2, -0.15) is 0 Å². The van der Waals surface area contributed by atoms with Crippen molar-refractivity contribution >= 4 is 21.7 Å². The third-order valence-corrected chi connectivity index (χ3v) is 3.40. The Kier molecular flexibility index (Phi) is 6.14. The Hall–Kier alpha value is -2.11. The number of nitrogens with one attached hydrogen (secondary N) is 1. The number of carbonyl (C=O) groups excluding carboxylic acids is 1. The van der Waals surface area contributed by atoms with Gasteiger partial charge in [-0.1, -0.05) is 11.8 Å². The maximum Gasteiger partial charge on any atom is 0.322 e. The monoisotopic (exact) mass is 315 g/mol. The first-order chi connectivity index (χ1) is 9.88. The quantitative estimate of drug-likeness (QED) is 0.609. The van der Waals surface area contributed by atoms with E-state index in [9.17, 15) is 17.6 Å². The zero-order chi connectivity index (χ0) is 15.9. The number of benzene rings is 1. The SMILES string of the molecule is COC(=O)CS(=O)(=O)Nc1ccc(F)c(C#CCCO)c1. The zero-order valence-electron chi connectivity index (χ0n) is 11.2. The lowest BCUT2D eigenvalue weighted by Crippen LogP contribution is -2.23. The van der Waals surface area contributed by atoms with E-state index in [1.165, 1.54) is 12.1 Å². The molecule has 0 atom stereocenters. The molecule has 0 amide bonds. The highest BCUT2D eigenvalue weighted by Crippen LogP contribution is 2.15. The lowest BCUT2D eigenvalue weighted by molar-refractivity contribution is -0.137. The van der Waals surface area contributed by atoms with Gasteiger partial charge in [0.1, 0.15) is 5.82 Å². The Balaban J connectivity index is 2.93. The minimum Gasteiger partial charge on any atom is -0.468 e. The van der Waals surface area contributed by atoms with E-state index in [1.54, 1.807) is 0 Å². The summed E-state index contributed by atoms with van der Waals surface area (Å²) in [5.74, 6) is 2.65. The number of sulfonamides is 1. The number of hydrogen-bond acceptors (Lipinski definition) is 5. The van der Waals surface area contributed by atoms with Crippen LogP contribution in [0.2, 0.25) is 0 Å². The molecule has 21 heavy (non-hydrogen) atoms. The molecule has 0 aliphatic rings. The summed E-state index contributed by atoms with van der Waals surface area (Å²) in [5.41, 5.74) is 0.0651. The number of rotatable bonds is 5. The van der Waals surface area contributed by atoms with Gasteiger partial charge in [-0.05, 0) is 18.2 Å². The molecule has 0 fully saturated rings. The molecule has 0 heterocycles. The number of hydrogen-bond donors (Lipinski definition) is 2. The normalized spacial score (nSPS) is 10.4. The predicted octanol–water partition coefficient (Wildman–Crippen LogP) is 0.474. The van der Waals surface area contributed by atoms with E-state index < -0.39 is 27.6 Å². The predicted molar refractivity (Wildman–Crippen MR) is 74.4 cm³/mol. The maximum absolute atomic E-state index is 13.5. The number of carbonyl (C=O) groups is 1. The summed E-state index contributed by atoms with van der Waals surface area (Å²) >= 11 is 0. The second-order valence-corrected chi connectivity index (χ2v) is 5.63. The molecule has 114 valence electrons. The molecule has 0 bridgehead atoms. The number of anilines is 1. The fourth-order valence-corrected chi connectivity index (χ4v) is 2.31. The van der Waals surface area contributed by atoms with Crippen molar-refractivity contribution in [1.29, 1.82) is 0 Å². The van der Waals surface area contributed by atoms with Crippen LogP contribution in [0.4, 0.5) is 10.1 Å². The molecular weight excluding hydrogens is 301 g/mol. The number of aliphatic hydroxyl groups excluding tert-OH is 1. The second-order valence-electron chi connectivity index (χ2n) is 3.91. The highest BCUT2D eigenvalue weighted by molar-refractivity contribution is 7.93. The summed E-state index contributed by atoms with van der Waals surface area (Å²) in [6, 6.07) is 3.47. The number of esters is 1. The summed E-state index contributed by atoms with van der Waals surface area (Å²) in [6.07, 6.45) is 0.178. The van der Waals surface area contributed by atoms with Gasteiger partial charge in [-0.3, -0.25) is 9.52 Å². The van der Waals surface area contributed by atoms with E-state index in [-0.39, 0.29) is 24.3 Å². The molecule has 8 heteroatoms. The van der Waals surface area contributed by atoms with Gasteiger partial charge in [0.15, 0.2) is 5.75 Å². The molecule has 1 rings (SSSR count). The molecule has 0 radical (unpaired) electrons. The van der Waals surface area contributed by atoms with Crippen LogP contribution in [-0.2, 0) is 19.6 Å². The first-order valence-corrected chi connectivity index (χ1v) is 7.50. The summed E-state index contributed by atoms with van der Waals surface area (Å²) in [4.78, 5) is 11.0. The largest absolute Gasteiger partial charge is 0.468 e. The minimum atomic E-state index is -3.94. The molecule has 6 nitrogen and oxygen atoms in total. The van der Waals surface area contributed by atoms with Crippen molar-refractivity contribution in [3.05, 3.63) is 29.6 Å². The first kappa shape index (κ1) is 16.9. The van der Waals surface area contributed by atoms with E-state index in [1.807, 2.05) is 0 Å². The van der Waals surface area contributed by atoms with Gasteiger partial charge in [0.05, 0.1) is 19.3 Å². The lowest BCUT2D eigenvalue weighted by atomic mass is 10.2. The van der Waals surface area contributed by atoms with E-state index in [4.69, 9.17) is 5.11 Å². The number of aliphatic hydroxyl groups is 1. The van der Waals surface area contributed by atoms with Gasteiger partial charge >= 0.3 is 5.97 Å². The Morgan fingerprint density at radius 2 is 2.19 bits per heavy atom. The van der Waals surface area contributed by atoms with Crippen molar-refractivity contribution in [3.63, 3.8) is 0 Å². The van der Waals surface area contributed by atoms with E-state index in [0.717, 1.165) is 13.2 Å². The maximum atomic E-state index is 13.5. The summed E-state index contributed by atoms with van der Waals surface area (Å²) in [5, 5.41) is 8.60. The van der Waals surface area contributed by atoms with Crippen LogP contribution in [0.5, 0.6) is 0 Å². The van der Waals surface area contributed by atoms with Crippen LogP contribution in [0.1, 0.15) is 12.0 Å². The van der Waals surface area contributed by atoms with Gasteiger partial charge in [-0.15, -0.1) is 0 Å². The van der Waals surface area contributed by atoms with Crippen LogP contribution in [0.3, 0.4) is 0 Å². The average molecular weight is 315 g/mol. The molecule has 1 aromatic carbocycles. The van der Waals surface area contributed by atoms with Crippen molar-refractivity contribution in [1.82, 2.24) is 0 Å². The number of halogens is 1. The third kappa shape index (κ3) is 5.81. The Labute approximate surface area is 122 Å². The summed E-state index contributed by atoms with van der Waals surface area (Å²) in [6.45, 7) is -0.153. The molecule has 0 aliphatic carbocycles. The number of methoxy groups -OCH3 is 1. The highest BCUT2D eigenvalue weighted by atomic mass is 32.2. The molecule has 0 saturated carbocycles. The smallest absolute Gasteiger partial charge is 0.322 e. The molecule has 0 spiro atoms. The van der Waals surface area contributed by atoms with Crippen molar-refractivity contribution in [2.75, 3.05) is 24.2 Å². The molecule has 0 aliphatic heterocycles. The summed E-state index contributed by atoms with van der Waals surface area (Å²) < 4.78 is 43.2. The Morgan fingerprint density at radius 3 is 2.81 bits per heavy atom. The van der Waals surface area contributed by atoms with Crippen LogP contribution >= 0.6 is 0 Å². The standard InChI is InChI=1S/C13H14FNO5S/c1-20-13(17)9-21(18,19)15-11-5-6-12(14)10(8-11)4-2-3-7-16/h5-6,8,15-16H,3,7,9H2,1H3. The molecular formula is C13H14FNO5S. The molecule has 0 aromatic heterocycles. The highest BCUT2D eigenvalue weighted by Gasteiger charge is 2.17. The van der Waals surface area contributed by atoms with Gasteiger partial charge in [0, 0.05) is 12.1 Å². The van der Waals surface area contributed by atoms with Crippen LogP contribution in [0.25, 0.3) is 0 Å². The van der Waals surface area contributed by atoms with Gasteiger partial charge in [0.2, 0.25) is 10.0 Å². The van der Waals surface area contributed by atoms with E-state index >= 15 is 0 Å². The Morgan fingerprint density at radius 1 is 1.48 bits per heavy atom. The Bertz CT molecular complexity index is 676. The van der Waals surface area contributed by atoms with Crippen molar-refractivity contribution in [2.45, 2.75) is 6.42 Å². The third-order valence-electron chi connectivity index (χ3n) is 2.24. The zero-order valence-corrected chi connectivity index (χ0v) is 12.0.